The van der Waals surface area contributed by atoms with Crippen LogP contribution < -0.4 is 15.5 Å². The molecular weight excluding hydrogens is 382 g/mol. The van der Waals surface area contributed by atoms with E-state index >= 15 is 0 Å². The number of urea groups is 1. The zero-order valence-corrected chi connectivity index (χ0v) is 17.4. The number of nitrogens with zero attached hydrogens (tertiary/aromatic N) is 3. The van der Waals surface area contributed by atoms with E-state index in [0.717, 1.165) is 34.9 Å². The predicted octanol–water partition coefficient (Wildman–Crippen LogP) is 1.12. The topological polar surface area (TPSA) is 86.7 Å². The second-order valence-electron chi connectivity index (χ2n) is 8.62. The van der Waals surface area contributed by atoms with E-state index in [4.69, 9.17) is 0 Å². The molecule has 4 amide bonds. The molecule has 0 radical (unpaired) electrons. The van der Waals surface area contributed by atoms with Gasteiger partial charge in [0.2, 0.25) is 11.8 Å². The number of nitrogens with one attached hydrogen (secondary N) is 2. The first kappa shape index (κ1) is 18.9. The van der Waals surface area contributed by atoms with Gasteiger partial charge in [-0.3, -0.25) is 20.2 Å². The maximum atomic E-state index is 13.1. The Morgan fingerprint density at radius 3 is 2.30 bits per heavy atom. The number of anilines is 1. The quantitative estimate of drug-likeness (QED) is 0.692. The van der Waals surface area contributed by atoms with Gasteiger partial charge in [0.05, 0.1) is 6.04 Å². The molecule has 0 unspecified atom stereocenters. The third-order valence-electron chi connectivity index (χ3n) is 6.79. The van der Waals surface area contributed by atoms with Crippen molar-refractivity contribution in [1.82, 2.24) is 20.1 Å². The summed E-state index contributed by atoms with van der Waals surface area (Å²) >= 11 is 0. The fourth-order valence-corrected chi connectivity index (χ4v) is 5.28. The van der Waals surface area contributed by atoms with E-state index in [2.05, 4.69) is 69.2 Å². The lowest BCUT2D eigenvalue weighted by atomic mass is 9.68. The van der Waals surface area contributed by atoms with Gasteiger partial charge in [0.15, 0.2) is 5.41 Å². The van der Waals surface area contributed by atoms with Crippen LogP contribution in [0.15, 0.2) is 30.3 Å². The molecule has 30 heavy (non-hydrogen) atoms. The Kier molecular flexibility index (Phi) is 4.05. The van der Waals surface area contributed by atoms with Crippen molar-refractivity contribution in [3.8, 4) is 5.69 Å². The molecule has 4 heterocycles. The number of barbiturate groups is 1. The third-order valence-corrected chi connectivity index (χ3v) is 6.79. The number of benzene rings is 1. The summed E-state index contributed by atoms with van der Waals surface area (Å²) in [6, 6.07) is 9.32. The lowest BCUT2D eigenvalue weighted by molar-refractivity contribution is -0.147. The average Bonchev–Trinajstić information content (AvgIpc) is 3.03. The minimum absolute atomic E-state index is 0.259. The molecule has 1 atom stereocenters. The average molecular weight is 407 g/mol. The van der Waals surface area contributed by atoms with Crippen LogP contribution in [-0.4, -0.2) is 60.0 Å². The lowest BCUT2D eigenvalue weighted by Crippen LogP contribution is -2.74. The molecule has 156 valence electrons. The van der Waals surface area contributed by atoms with Gasteiger partial charge in [-0.2, -0.15) is 0 Å². The minimum Gasteiger partial charge on any atom is -0.364 e. The number of carbonyl (C=O) groups is 3. The van der Waals surface area contributed by atoms with E-state index in [1.807, 2.05) is 7.05 Å². The molecule has 8 nitrogen and oxygen atoms in total. The first-order valence-electron chi connectivity index (χ1n) is 10.2. The Morgan fingerprint density at radius 2 is 1.63 bits per heavy atom. The number of amides is 4. The van der Waals surface area contributed by atoms with Crippen molar-refractivity contribution in [2.45, 2.75) is 26.3 Å². The van der Waals surface area contributed by atoms with Crippen LogP contribution in [-0.2, 0) is 16.0 Å². The van der Waals surface area contributed by atoms with Gasteiger partial charge < -0.3 is 14.4 Å². The van der Waals surface area contributed by atoms with Crippen molar-refractivity contribution < 1.29 is 14.4 Å². The number of hydrogen-bond donors (Lipinski definition) is 2. The van der Waals surface area contributed by atoms with Crippen LogP contribution in [0.3, 0.4) is 0 Å². The number of hydrogen-bond acceptors (Lipinski definition) is 5. The van der Waals surface area contributed by atoms with Crippen LogP contribution in [0.5, 0.6) is 0 Å². The van der Waals surface area contributed by atoms with E-state index in [1.165, 1.54) is 0 Å². The number of aryl methyl sites for hydroxylation is 2. The molecule has 3 aliphatic heterocycles. The lowest BCUT2D eigenvalue weighted by Gasteiger charge is -2.53. The monoisotopic (exact) mass is 407 g/mol. The van der Waals surface area contributed by atoms with Crippen molar-refractivity contribution in [3.63, 3.8) is 0 Å². The summed E-state index contributed by atoms with van der Waals surface area (Å²) in [7, 11) is 1.99. The number of likely N-dealkylation sites (N-methyl/N-ethyl adjacent to an activating group) is 1. The van der Waals surface area contributed by atoms with Crippen molar-refractivity contribution >= 4 is 23.5 Å². The molecule has 3 aliphatic rings. The number of piperazine rings is 1. The van der Waals surface area contributed by atoms with Crippen LogP contribution in [0.25, 0.3) is 5.69 Å². The molecule has 0 bridgehead atoms. The molecule has 1 spiro atoms. The van der Waals surface area contributed by atoms with Crippen LogP contribution >= 0.6 is 0 Å². The van der Waals surface area contributed by atoms with Crippen LogP contribution in [0.2, 0.25) is 0 Å². The maximum Gasteiger partial charge on any atom is 0.328 e. The number of rotatable bonds is 1. The van der Waals surface area contributed by atoms with Crippen LogP contribution in [0, 0.1) is 19.3 Å². The molecular formula is C22H25N5O3. The van der Waals surface area contributed by atoms with Crippen molar-refractivity contribution in [3.05, 3.63) is 47.3 Å². The summed E-state index contributed by atoms with van der Waals surface area (Å²) in [6.07, 6.45) is 0.259. The molecule has 2 fully saturated rings. The predicted molar refractivity (Wildman–Crippen MR) is 112 cm³/mol. The van der Waals surface area contributed by atoms with Gasteiger partial charge in [0.25, 0.3) is 0 Å². The molecule has 2 N–H and O–H groups in total. The highest BCUT2D eigenvalue weighted by atomic mass is 16.2. The Hall–Kier alpha value is -3.13. The maximum absolute atomic E-state index is 13.1. The second kappa shape index (κ2) is 6.43. The van der Waals surface area contributed by atoms with E-state index in [0.29, 0.717) is 13.1 Å². The minimum atomic E-state index is -1.34. The summed E-state index contributed by atoms with van der Waals surface area (Å²) in [5.41, 5.74) is 3.91. The second-order valence-corrected chi connectivity index (χ2v) is 8.62. The van der Waals surface area contributed by atoms with Crippen LogP contribution in [0.4, 0.5) is 10.5 Å². The smallest absolute Gasteiger partial charge is 0.328 e. The van der Waals surface area contributed by atoms with Crippen LogP contribution in [0.1, 0.15) is 17.0 Å². The number of aromatic nitrogens is 1. The number of carbonyl (C=O) groups excluding carboxylic acids is 3. The summed E-state index contributed by atoms with van der Waals surface area (Å²) in [6.45, 7) is 6.24. The standard InChI is InChI=1S/C22H25N5O3/c1-13-4-5-14(2)27(13)16-6-7-17-15(10-16)11-22(18-12-25(3)8-9-26(17)18)19(28)23-21(30)24-20(22)29/h4-7,10,18H,8-9,11-12H2,1-3H3,(H2,23,24,28,29,30)/t18-/m0/s1. The first-order chi connectivity index (χ1) is 14.3. The highest BCUT2D eigenvalue weighted by Crippen LogP contribution is 2.45. The molecule has 5 rings (SSSR count). The van der Waals surface area contributed by atoms with E-state index in [-0.39, 0.29) is 12.5 Å². The zero-order valence-electron chi connectivity index (χ0n) is 17.4. The Bertz CT molecular complexity index is 1050. The first-order valence-corrected chi connectivity index (χ1v) is 10.2. The Labute approximate surface area is 174 Å². The van der Waals surface area contributed by atoms with Gasteiger partial charge >= 0.3 is 6.03 Å². The Morgan fingerprint density at radius 1 is 0.967 bits per heavy atom. The molecule has 2 saturated heterocycles. The van der Waals surface area contributed by atoms with E-state index in [1.54, 1.807) is 0 Å². The van der Waals surface area contributed by atoms with Gasteiger partial charge in [0.1, 0.15) is 0 Å². The number of fused-ring (bicyclic) bond motifs is 4. The zero-order chi connectivity index (χ0) is 21.2. The molecule has 8 heteroatoms. The Balaban J connectivity index is 1.67. The van der Waals surface area contributed by atoms with Gasteiger partial charge in [-0.15, -0.1) is 0 Å². The molecule has 0 saturated carbocycles. The highest BCUT2D eigenvalue weighted by molar-refractivity contribution is 6.20. The fraction of sp³-hybridized carbons (Fsp3) is 0.409. The fourth-order valence-electron chi connectivity index (χ4n) is 5.28. The third kappa shape index (κ3) is 2.53. The van der Waals surface area contributed by atoms with E-state index < -0.39 is 23.3 Å². The summed E-state index contributed by atoms with van der Waals surface area (Å²) in [4.78, 5) is 42.4. The SMILES string of the molecule is Cc1ccc(C)n1-c1ccc2c(c1)CC1(C(=O)NC(=O)NC1=O)[C@@H]1CN(C)CCN21. The van der Waals surface area contributed by atoms with Gasteiger partial charge in [0, 0.05) is 42.4 Å². The van der Waals surface area contributed by atoms with Gasteiger partial charge in [-0.1, -0.05) is 0 Å². The largest absolute Gasteiger partial charge is 0.364 e. The molecule has 0 aliphatic carbocycles. The van der Waals surface area contributed by atoms with Crippen molar-refractivity contribution in [2.75, 3.05) is 31.6 Å². The molecule has 1 aromatic carbocycles. The van der Waals surface area contributed by atoms with E-state index in [9.17, 15) is 14.4 Å². The highest BCUT2D eigenvalue weighted by Gasteiger charge is 2.60. The summed E-state index contributed by atoms with van der Waals surface area (Å²) < 4.78 is 2.16. The van der Waals surface area contributed by atoms with Gasteiger partial charge in [-0.05, 0) is 63.2 Å². The number of imide groups is 2. The van der Waals surface area contributed by atoms with Gasteiger partial charge in [-0.25, -0.2) is 4.79 Å². The molecule has 2 aromatic rings. The molecule has 1 aromatic heterocycles. The summed E-state index contributed by atoms with van der Waals surface area (Å²) in [5.74, 6) is -1.02. The van der Waals surface area contributed by atoms with Crippen molar-refractivity contribution in [2.24, 2.45) is 5.41 Å². The summed E-state index contributed by atoms with van der Waals surface area (Å²) in [5, 5.41) is 4.70. The van der Waals surface area contributed by atoms with Crippen molar-refractivity contribution in [1.29, 1.82) is 0 Å². The normalized spacial score (nSPS) is 23.1.